The van der Waals surface area contributed by atoms with E-state index < -0.39 is 0 Å². The first kappa shape index (κ1) is 14.0. The molecule has 0 spiro atoms. The largest absolute Gasteiger partial charge is 0.309 e. The van der Waals surface area contributed by atoms with Crippen LogP contribution in [0.5, 0.6) is 0 Å². The molecule has 0 amide bonds. The van der Waals surface area contributed by atoms with Gasteiger partial charge in [-0.25, -0.2) is 0 Å². The van der Waals surface area contributed by atoms with Gasteiger partial charge in [-0.15, -0.1) is 0 Å². The van der Waals surface area contributed by atoms with E-state index in [1.165, 1.54) is 31.5 Å². The lowest BCUT2D eigenvalue weighted by atomic mass is 10.1. The number of benzene rings is 1. The van der Waals surface area contributed by atoms with Crippen molar-refractivity contribution < 1.29 is 0 Å². The summed E-state index contributed by atoms with van der Waals surface area (Å²) in [7, 11) is 0. The smallest absolute Gasteiger partial charge is 0.0991 e. The molecule has 3 nitrogen and oxygen atoms in total. The number of hydrogen-bond acceptors (Lipinski definition) is 3. The Kier molecular flexibility index (Phi) is 4.95. The highest BCUT2D eigenvalue weighted by Gasteiger charge is 2.18. The highest BCUT2D eigenvalue weighted by molar-refractivity contribution is 5.34. The predicted molar refractivity (Wildman–Crippen MR) is 77.8 cm³/mol. The minimum atomic E-state index is 0.290. The third kappa shape index (κ3) is 3.79. The number of likely N-dealkylation sites (tertiary alicyclic amines) is 1. The van der Waals surface area contributed by atoms with Crippen LogP contribution in [0.3, 0.4) is 0 Å². The molecule has 2 unspecified atom stereocenters. The van der Waals surface area contributed by atoms with Crippen LogP contribution >= 0.6 is 0 Å². The molecular formula is C16H23N3. The van der Waals surface area contributed by atoms with Crippen LogP contribution in [0.2, 0.25) is 0 Å². The molecule has 1 aliphatic rings. The Morgan fingerprint density at radius 3 is 2.74 bits per heavy atom. The maximum absolute atomic E-state index is 8.93. The maximum atomic E-state index is 8.93. The van der Waals surface area contributed by atoms with E-state index in [-0.39, 0.29) is 0 Å². The molecule has 0 aromatic heterocycles. The third-order valence-electron chi connectivity index (χ3n) is 4.00. The molecule has 19 heavy (non-hydrogen) atoms. The van der Waals surface area contributed by atoms with Gasteiger partial charge < -0.3 is 5.32 Å². The van der Waals surface area contributed by atoms with Gasteiger partial charge >= 0.3 is 0 Å². The summed E-state index contributed by atoms with van der Waals surface area (Å²) in [5, 5.41) is 12.5. The molecule has 1 heterocycles. The van der Waals surface area contributed by atoms with Crippen molar-refractivity contribution in [3.05, 3.63) is 35.4 Å². The van der Waals surface area contributed by atoms with Crippen LogP contribution in [0, 0.1) is 11.3 Å². The molecular weight excluding hydrogens is 234 g/mol. The van der Waals surface area contributed by atoms with Crippen molar-refractivity contribution in [1.29, 1.82) is 5.26 Å². The lowest BCUT2D eigenvalue weighted by Gasteiger charge is -2.26. The van der Waals surface area contributed by atoms with Crippen molar-refractivity contribution in [3.63, 3.8) is 0 Å². The summed E-state index contributed by atoms with van der Waals surface area (Å²) in [5.41, 5.74) is 1.92. The molecule has 2 atom stereocenters. The second-order valence-electron chi connectivity index (χ2n) is 5.46. The van der Waals surface area contributed by atoms with Crippen LogP contribution in [0.1, 0.15) is 43.9 Å². The standard InChI is InChI=1S/C16H23N3/c1-13(19-8-3-4-9-19)12-18-14(2)16-7-5-6-15(10-16)11-17/h5-7,10,13-14,18H,3-4,8-9,12H2,1-2H3. The first-order chi connectivity index (χ1) is 9.20. The minimum Gasteiger partial charge on any atom is -0.309 e. The predicted octanol–water partition coefficient (Wildman–Crippen LogP) is 2.69. The Morgan fingerprint density at radius 2 is 2.05 bits per heavy atom. The molecule has 1 fully saturated rings. The monoisotopic (exact) mass is 257 g/mol. The van der Waals surface area contributed by atoms with Crippen molar-refractivity contribution in [2.45, 2.75) is 38.8 Å². The van der Waals surface area contributed by atoms with E-state index in [9.17, 15) is 0 Å². The lowest BCUT2D eigenvalue weighted by molar-refractivity contribution is 0.247. The summed E-state index contributed by atoms with van der Waals surface area (Å²) < 4.78 is 0. The van der Waals surface area contributed by atoms with Crippen LogP contribution in [0.4, 0.5) is 0 Å². The summed E-state index contributed by atoms with van der Waals surface area (Å²) in [5.74, 6) is 0. The summed E-state index contributed by atoms with van der Waals surface area (Å²) in [4.78, 5) is 2.55. The van der Waals surface area contributed by atoms with Crippen LogP contribution in [-0.2, 0) is 0 Å². The Bertz CT molecular complexity index is 444. The first-order valence-corrected chi connectivity index (χ1v) is 7.18. The zero-order chi connectivity index (χ0) is 13.7. The molecule has 1 aromatic rings. The molecule has 0 aliphatic carbocycles. The van der Waals surface area contributed by atoms with Gasteiger partial charge in [0.15, 0.2) is 0 Å². The minimum absolute atomic E-state index is 0.290. The molecule has 0 saturated carbocycles. The Labute approximate surface area is 116 Å². The van der Waals surface area contributed by atoms with Gasteiger partial charge in [-0.1, -0.05) is 12.1 Å². The SMILES string of the molecule is CC(NCC(C)N1CCCC1)c1cccc(C#N)c1. The molecule has 1 aliphatic heterocycles. The first-order valence-electron chi connectivity index (χ1n) is 7.18. The van der Waals surface area contributed by atoms with E-state index >= 15 is 0 Å². The van der Waals surface area contributed by atoms with Gasteiger partial charge in [0.25, 0.3) is 0 Å². The van der Waals surface area contributed by atoms with Crippen molar-refractivity contribution in [1.82, 2.24) is 10.2 Å². The van der Waals surface area contributed by atoms with Crippen molar-refractivity contribution >= 4 is 0 Å². The highest BCUT2D eigenvalue weighted by Crippen LogP contribution is 2.15. The summed E-state index contributed by atoms with van der Waals surface area (Å²) in [6.45, 7) is 7.92. The lowest BCUT2D eigenvalue weighted by Crippen LogP contribution is -2.39. The van der Waals surface area contributed by atoms with E-state index in [2.05, 4.69) is 36.2 Å². The topological polar surface area (TPSA) is 39.1 Å². The fourth-order valence-electron chi connectivity index (χ4n) is 2.65. The summed E-state index contributed by atoms with van der Waals surface area (Å²) in [6.07, 6.45) is 2.67. The van der Waals surface area contributed by atoms with Gasteiger partial charge in [0.1, 0.15) is 0 Å². The Morgan fingerprint density at radius 1 is 1.32 bits per heavy atom. The molecule has 3 heteroatoms. The Balaban J connectivity index is 1.86. The van der Waals surface area contributed by atoms with E-state index in [0.29, 0.717) is 12.1 Å². The number of nitriles is 1. The third-order valence-corrected chi connectivity index (χ3v) is 4.00. The number of nitrogens with one attached hydrogen (secondary N) is 1. The maximum Gasteiger partial charge on any atom is 0.0991 e. The summed E-state index contributed by atoms with van der Waals surface area (Å²) >= 11 is 0. The average Bonchev–Trinajstić information content (AvgIpc) is 2.98. The van der Waals surface area contributed by atoms with E-state index in [0.717, 1.165) is 12.1 Å². The van der Waals surface area contributed by atoms with Gasteiger partial charge in [-0.05, 0) is 57.5 Å². The van der Waals surface area contributed by atoms with Crippen molar-refractivity contribution in [2.24, 2.45) is 0 Å². The van der Waals surface area contributed by atoms with E-state index in [1.54, 1.807) is 0 Å². The van der Waals surface area contributed by atoms with Crippen LogP contribution in [0.15, 0.2) is 24.3 Å². The van der Waals surface area contributed by atoms with Crippen LogP contribution < -0.4 is 5.32 Å². The normalized spacial score (nSPS) is 19.0. The van der Waals surface area contributed by atoms with Gasteiger partial charge in [0.05, 0.1) is 11.6 Å². The van der Waals surface area contributed by atoms with E-state index in [1.807, 2.05) is 18.2 Å². The summed E-state index contributed by atoms with van der Waals surface area (Å²) in [6, 6.07) is 10.9. The van der Waals surface area contributed by atoms with Gasteiger partial charge in [-0.3, -0.25) is 4.90 Å². The Hall–Kier alpha value is -1.37. The van der Waals surface area contributed by atoms with Crippen molar-refractivity contribution in [2.75, 3.05) is 19.6 Å². The second-order valence-corrected chi connectivity index (χ2v) is 5.46. The molecule has 2 rings (SSSR count). The average molecular weight is 257 g/mol. The van der Waals surface area contributed by atoms with Gasteiger partial charge in [0.2, 0.25) is 0 Å². The highest BCUT2D eigenvalue weighted by atomic mass is 15.2. The second kappa shape index (κ2) is 6.70. The molecule has 0 bridgehead atoms. The molecule has 1 aromatic carbocycles. The fourth-order valence-corrected chi connectivity index (χ4v) is 2.65. The number of rotatable bonds is 5. The van der Waals surface area contributed by atoms with Gasteiger partial charge in [-0.2, -0.15) is 5.26 Å². The molecule has 0 radical (unpaired) electrons. The molecule has 1 N–H and O–H groups in total. The quantitative estimate of drug-likeness (QED) is 0.881. The van der Waals surface area contributed by atoms with Gasteiger partial charge in [0, 0.05) is 18.6 Å². The van der Waals surface area contributed by atoms with Crippen LogP contribution in [0.25, 0.3) is 0 Å². The zero-order valence-electron chi connectivity index (χ0n) is 11.9. The molecule has 102 valence electrons. The molecule has 1 saturated heterocycles. The van der Waals surface area contributed by atoms with E-state index in [4.69, 9.17) is 5.26 Å². The zero-order valence-corrected chi connectivity index (χ0v) is 11.9. The number of nitrogens with zero attached hydrogens (tertiary/aromatic N) is 2. The fraction of sp³-hybridized carbons (Fsp3) is 0.562. The van der Waals surface area contributed by atoms with Crippen LogP contribution in [-0.4, -0.2) is 30.6 Å². The number of hydrogen-bond donors (Lipinski definition) is 1. The van der Waals surface area contributed by atoms with Crippen molar-refractivity contribution in [3.8, 4) is 6.07 Å².